The van der Waals surface area contributed by atoms with Crippen molar-refractivity contribution in [3.63, 3.8) is 0 Å². The van der Waals surface area contributed by atoms with Crippen LogP contribution in [-0.4, -0.2) is 40.7 Å². The fraction of sp³-hybridized carbons (Fsp3) is 0.211. The third-order valence-corrected chi connectivity index (χ3v) is 5.27. The van der Waals surface area contributed by atoms with Gasteiger partial charge in [-0.15, -0.1) is 11.3 Å². The molecule has 0 aliphatic carbocycles. The van der Waals surface area contributed by atoms with Crippen LogP contribution in [0.4, 0.5) is 5.95 Å². The number of thiophene rings is 1. The average Bonchev–Trinajstić information content (AvgIpc) is 3.19. The van der Waals surface area contributed by atoms with Crippen molar-refractivity contribution in [2.75, 3.05) is 19.0 Å². The number of aromatic nitrogens is 2. The van der Waals surface area contributed by atoms with E-state index in [1.807, 2.05) is 18.2 Å². The minimum absolute atomic E-state index is 0.149. The van der Waals surface area contributed by atoms with Crippen molar-refractivity contribution in [2.24, 2.45) is 0 Å². The predicted octanol–water partition coefficient (Wildman–Crippen LogP) is 3.23. The maximum atomic E-state index is 12.5. The van der Waals surface area contributed by atoms with Gasteiger partial charge in [0.2, 0.25) is 5.95 Å². The fourth-order valence-electron chi connectivity index (χ4n) is 2.54. The number of benzene rings is 1. The number of amides is 1. The van der Waals surface area contributed by atoms with Gasteiger partial charge in [-0.1, -0.05) is 23.7 Å². The lowest BCUT2D eigenvalue weighted by molar-refractivity contribution is 0.0920. The smallest absolute Gasteiger partial charge is 0.261 e. The monoisotopic (exact) mass is 402 g/mol. The lowest BCUT2D eigenvalue weighted by Crippen LogP contribution is -2.38. The van der Waals surface area contributed by atoms with Crippen molar-refractivity contribution in [1.82, 2.24) is 15.3 Å². The summed E-state index contributed by atoms with van der Waals surface area (Å²) in [4.78, 5) is 22.4. The number of aliphatic hydroxyl groups excluding tert-OH is 1. The molecule has 1 aromatic carbocycles. The van der Waals surface area contributed by atoms with Crippen LogP contribution in [-0.2, 0) is 6.42 Å². The lowest BCUT2D eigenvalue weighted by atomic mass is 10.1. The number of halogens is 1. The SMILES string of the molecule is CNc1nccc(-c2ccc(C(=O)NC(CO)Cc3ccc(Cl)cc3)s2)n1. The standard InChI is InChI=1S/C19H19ClN4O2S/c1-21-19-22-9-8-15(24-19)16-6-7-17(27-16)18(26)23-14(11-25)10-12-2-4-13(20)5-3-12/h2-9,14,25H,10-11H2,1H3,(H,23,26)(H,21,22,24). The molecule has 1 amide bonds. The Kier molecular flexibility index (Phi) is 6.39. The molecule has 1 unspecified atom stereocenters. The molecule has 3 aromatic rings. The Hall–Kier alpha value is -2.48. The first-order valence-electron chi connectivity index (χ1n) is 8.36. The molecule has 1 atom stereocenters. The molecule has 8 heteroatoms. The van der Waals surface area contributed by atoms with Crippen molar-refractivity contribution in [2.45, 2.75) is 12.5 Å². The van der Waals surface area contributed by atoms with E-state index in [0.29, 0.717) is 22.3 Å². The van der Waals surface area contributed by atoms with Gasteiger partial charge in [-0.2, -0.15) is 0 Å². The Balaban J connectivity index is 1.68. The highest BCUT2D eigenvalue weighted by Gasteiger charge is 2.16. The minimum Gasteiger partial charge on any atom is -0.394 e. The molecule has 0 saturated carbocycles. The highest BCUT2D eigenvalue weighted by Crippen LogP contribution is 2.27. The summed E-state index contributed by atoms with van der Waals surface area (Å²) < 4.78 is 0. The molecule has 0 saturated heterocycles. The van der Waals surface area contributed by atoms with E-state index in [1.54, 1.807) is 37.5 Å². The Morgan fingerprint density at radius 1 is 1.22 bits per heavy atom. The summed E-state index contributed by atoms with van der Waals surface area (Å²) in [5.41, 5.74) is 1.74. The molecule has 27 heavy (non-hydrogen) atoms. The first-order valence-corrected chi connectivity index (χ1v) is 9.55. The van der Waals surface area contributed by atoms with Gasteiger partial charge in [-0.3, -0.25) is 4.79 Å². The number of hydrogen-bond acceptors (Lipinski definition) is 6. The zero-order chi connectivity index (χ0) is 19.2. The van der Waals surface area contributed by atoms with Crippen molar-refractivity contribution < 1.29 is 9.90 Å². The first kappa shape index (κ1) is 19.3. The zero-order valence-electron chi connectivity index (χ0n) is 14.6. The van der Waals surface area contributed by atoms with Crippen molar-refractivity contribution in [1.29, 1.82) is 0 Å². The molecule has 3 rings (SSSR count). The zero-order valence-corrected chi connectivity index (χ0v) is 16.2. The predicted molar refractivity (Wildman–Crippen MR) is 108 cm³/mol. The maximum Gasteiger partial charge on any atom is 0.261 e. The summed E-state index contributed by atoms with van der Waals surface area (Å²) in [5, 5.41) is 16.0. The van der Waals surface area contributed by atoms with Gasteiger partial charge in [-0.25, -0.2) is 9.97 Å². The van der Waals surface area contributed by atoms with E-state index in [1.165, 1.54) is 11.3 Å². The van der Waals surface area contributed by atoms with Gasteiger partial charge >= 0.3 is 0 Å². The van der Waals surface area contributed by atoms with Crippen LogP contribution in [0.5, 0.6) is 0 Å². The average molecular weight is 403 g/mol. The van der Waals surface area contributed by atoms with Crippen molar-refractivity contribution >= 4 is 34.8 Å². The summed E-state index contributed by atoms with van der Waals surface area (Å²) in [6, 6.07) is 12.4. The number of anilines is 1. The van der Waals surface area contributed by atoms with Gasteiger partial charge in [0, 0.05) is 18.3 Å². The summed E-state index contributed by atoms with van der Waals surface area (Å²) in [7, 11) is 1.75. The van der Waals surface area contributed by atoms with Gasteiger partial charge in [0.15, 0.2) is 0 Å². The molecule has 0 aliphatic rings. The molecule has 6 nitrogen and oxygen atoms in total. The van der Waals surface area contributed by atoms with Crippen LogP contribution < -0.4 is 10.6 Å². The largest absolute Gasteiger partial charge is 0.394 e. The Morgan fingerprint density at radius 2 is 2.00 bits per heavy atom. The third-order valence-electron chi connectivity index (χ3n) is 3.91. The molecule has 0 radical (unpaired) electrons. The van der Waals surface area contributed by atoms with E-state index in [2.05, 4.69) is 20.6 Å². The van der Waals surface area contributed by atoms with Gasteiger partial charge < -0.3 is 15.7 Å². The second-order valence-corrected chi connectivity index (χ2v) is 7.38. The van der Waals surface area contributed by atoms with E-state index >= 15 is 0 Å². The summed E-state index contributed by atoms with van der Waals surface area (Å²) in [6.07, 6.45) is 2.19. The molecule has 2 heterocycles. The number of carbonyl (C=O) groups is 1. The summed E-state index contributed by atoms with van der Waals surface area (Å²) >= 11 is 7.23. The van der Waals surface area contributed by atoms with E-state index in [9.17, 15) is 9.90 Å². The van der Waals surface area contributed by atoms with Crippen LogP contribution in [0.15, 0.2) is 48.7 Å². The molecule has 0 bridgehead atoms. The van der Waals surface area contributed by atoms with E-state index in [0.717, 1.165) is 16.1 Å². The normalized spacial score (nSPS) is 11.8. The van der Waals surface area contributed by atoms with Crippen LogP contribution >= 0.6 is 22.9 Å². The molecule has 0 spiro atoms. The van der Waals surface area contributed by atoms with Crippen molar-refractivity contribution in [3.8, 4) is 10.6 Å². The second-order valence-electron chi connectivity index (χ2n) is 5.86. The van der Waals surface area contributed by atoms with Crippen LogP contribution in [0.1, 0.15) is 15.2 Å². The topological polar surface area (TPSA) is 87.1 Å². The number of aliphatic hydroxyl groups is 1. The second kappa shape index (κ2) is 8.94. The minimum atomic E-state index is -0.376. The van der Waals surface area contributed by atoms with Gasteiger partial charge in [-0.05, 0) is 42.3 Å². The van der Waals surface area contributed by atoms with Crippen LogP contribution in [0.2, 0.25) is 5.02 Å². The third kappa shape index (κ3) is 5.03. The van der Waals surface area contributed by atoms with Gasteiger partial charge in [0.05, 0.1) is 28.1 Å². The quantitative estimate of drug-likeness (QED) is 0.564. The van der Waals surface area contributed by atoms with Gasteiger partial charge in [0.25, 0.3) is 5.91 Å². The molecule has 0 fully saturated rings. The van der Waals surface area contributed by atoms with Crippen molar-refractivity contribution in [3.05, 3.63) is 64.1 Å². The van der Waals surface area contributed by atoms with E-state index < -0.39 is 0 Å². The number of rotatable bonds is 7. The van der Waals surface area contributed by atoms with Crippen LogP contribution in [0.3, 0.4) is 0 Å². The molecule has 2 aromatic heterocycles. The Labute approximate surface area is 166 Å². The Bertz CT molecular complexity index is 914. The number of nitrogens with one attached hydrogen (secondary N) is 2. The fourth-order valence-corrected chi connectivity index (χ4v) is 3.54. The molecule has 3 N–H and O–H groups in total. The molecular formula is C19H19ClN4O2S. The summed E-state index contributed by atoms with van der Waals surface area (Å²) in [6.45, 7) is -0.149. The highest BCUT2D eigenvalue weighted by molar-refractivity contribution is 7.17. The van der Waals surface area contributed by atoms with Crippen LogP contribution in [0, 0.1) is 0 Å². The highest BCUT2D eigenvalue weighted by atomic mass is 35.5. The molecule has 140 valence electrons. The molecule has 0 aliphatic heterocycles. The number of nitrogens with zero attached hydrogens (tertiary/aromatic N) is 2. The van der Waals surface area contributed by atoms with Gasteiger partial charge in [0.1, 0.15) is 0 Å². The lowest BCUT2D eigenvalue weighted by Gasteiger charge is -2.16. The Morgan fingerprint density at radius 3 is 2.70 bits per heavy atom. The first-order chi connectivity index (χ1) is 13.1. The summed E-state index contributed by atoms with van der Waals surface area (Å²) in [5.74, 6) is 0.303. The maximum absolute atomic E-state index is 12.5. The van der Waals surface area contributed by atoms with Crippen LogP contribution in [0.25, 0.3) is 10.6 Å². The van der Waals surface area contributed by atoms with E-state index in [4.69, 9.17) is 11.6 Å². The number of carbonyl (C=O) groups excluding carboxylic acids is 1. The van der Waals surface area contributed by atoms with E-state index in [-0.39, 0.29) is 18.6 Å². The number of hydrogen-bond donors (Lipinski definition) is 3. The molecular weight excluding hydrogens is 384 g/mol.